The molecule has 2 unspecified atom stereocenters. The lowest BCUT2D eigenvalue weighted by Gasteiger charge is -2.39. The molecule has 1 aliphatic carbocycles. The molecule has 1 rings (SSSR count). The van der Waals surface area contributed by atoms with Gasteiger partial charge < -0.3 is 5.32 Å². The van der Waals surface area contributed by atoms with Gasteiger partial charge in [0.1, 0.15) is 0 Å². The van der Waals surface area contributed by atoms with Crippen molar-refractivity contribution in [2.45, 2.75) is 51.5 Å². The molecule has 0 radical (unpaired) electrons. The second kappa shape index (κ2) is 5.15. The first kappa shape index (κ1) is 12.0. The highest BCUT2D eigenvalue weighted by Gasteiger charge is 2.34. The van der Waals surface area contributed by atoms with Gasteiger partial charge >= 0.3 is 0 Å². The summed E-state index contributed by atoms with van der Waals surface area (Å²) < 4.78 is 0. The predicted molar refractivity (Wildman–Crippen MR) is 62.6 cm³/mol. The molecule has 0 aliphatic heterocycles. The van der Waals surface area contributed by atoms with E-state index in [1.54, 1.807) is 0 Å². The number of carbonyl (C=O) groups excluding carboxylic acids is 1. The van der Waals surface area contributed by atoms with Gasteiger partial charge in [0.05, 0.1) is 0 Å². The van der Waals surface area contributed by atoms with Crippen molar-refractivity contribution < 1.29 is 4.79 Å². The molecule has 82 valence electrons. The topological polar surface area (TPSA) is 29.1 Å². The van der Waals surface area contributed by atoms with Gasteiger partial charge in [0.25, 0.3) is 0 Å². The maximum absolute atomic E-state index is 11.4. The van der Waals surface area contributed by atoms with E-state index in [1.807, 2.05) is 6.92 Å². The van der Waals surface area contributed by atoms with E-state index >= 15 is 0 Å². The molecule has 2 atom stereocenters. The van der Waals surface area contributed by atoms with Gasteiger partial charge in [-0.2, -0.15) is 0 Å². The van der Waals surface area contributed by atoms with Crippen molar-refractivity contribution in [1.29, 1.82) is 0 Å². The molecule has 1 saturated carbocycles. The van der Waals surface area contributed by atoms with Gasteiger partial charge in [0.15, 0.2) is 0 Å². The van der Waals surface area contributed by atoms with E-state index in [4.69, 9.17) is 0 Å². The van der Waals surface area contributed by atoms with Crippen molar-refractivity contribution in [1.82, 2.24) is 5.32 Å². The minimum atomic E-state index is 0.0325. The largest absolute Gasteiger partial charge is 0.350 e. The van der Waals surface area contributed by atoms with Gasteiger partial charge in [0, 0.05) is 17.3 Å². The first-order valence-electron chi connectivity index (χ1n) is 5.49. The molecule has 0 aromatic rings. The highest BCUT2D eigenvalue weighted by atomic mass is 79.9. The van der Waals surface area contributed by atoms with Gasteiger partial charge in [0.2, 0.25) is 5.91 Å². The van der Waals surface area contributed by atoms with Crippen molar-refractivity contribution in [3.8, 4) is 0 Å². The Bertz CT molecular complexity index is 207. The van der Waals surface area contributed by atoms with E-state index in [1.165, 1.54) is 12.8 Å². The third kappa shape index (κ3) is 2.97. The summed E-state index contributed by atoms with van der Waals surface area (Å²) in [5, 5.41) is 4.06. The van der Waals surface area contributed by atoms with Crippen molar-refractivity contribution in [3.63, 3.8) is 0 Å². The molecule has 0 saturated heterocycles. The standard InChI is InChI=1S/C11H20BrNO/c1-3-10(14)13-11(8-12)6-4-5-9(2)7-11/h9H,3-8H2,1-2H3,(H,13,14). The van der Waals surface area contributed by atoms with Gasteiger partial charge in [-0.05, 0) is 18.8 Å². The summed E-state index contributed by atoms with van der Waals surface area (Å²) in [7, 11) is 0. The lowest BCUT2D eigenvalue weighted by atomic mass is 9.77. The molecule has 0 spiro atoms. The Labute approximate surface area is 95.0 Å². The van der Waals surface area contributed by atoms with Crippen LogP contribution in [0.5, 0.6) is 0 Å². The Kier molecular flexibility index (Phi) is 4.42. The van der Waals surface area contributed by atoms with Gasteiger partial charge in [-0.1, -0.05) is 42.6 Å². The van der Waals surface area contributed by atoms with Gasteiger partial charge in [-0.3, -0.25) is 4.79 Å². The zero-order valence-electron chi connectivity index (χ0n) is 9.11. The Hall–Kier alpha value is -0.0500. The number of rotatable bonds is 3. The molecule has 14 heavy (non-hydrogen) atoms. The van der Waals surface area contributed by atoms with Crippen LogP contribution in [0.15, 0.2) is 0 Å². The van der Waals surface area contributed by atoms with E-state index in [9.17, 15) is 4.79 Å². The molecule has 3 heteroatoms. The maximum atomic E-state index is 11.4. The quantitative estimate of drug-likeness (QED) is 0.778. The van der Waals surface area contributed by atoms with E-state index in [2.05, 4.69) is 28.2 Å². The van der Waals surface area contributed by atoms with Crippen LogP contribution in [-0.2, 0) is 4.79 Å². The molecular weight excluding hydrogens is 242 g/mol. The Morgan fingerprint density at radius 1 is 1.64 bits per heavy atom. The molecule has 1 amide bonds. The zero-order valence-corrected chi connectivity index (χ0v) is 10.7. The third-order valence-corrected chi connectivity index (χ3v) is 4.15. The summed E-state index contributed by atoms with van der Waals surface area (Å²) in [6.07, 6.45) is 5.36. The number of amides is 1. The molecule has 0 bridgehead atoms. The number of hydrogen-bond donors (Lipinski definition) is 1. The first-order valence-corrected chi connectivity index (χ1v) is 6.61. The first-order chi connectivity index (χ1) is 6.62. The molecule has 1 fully saturated rings. The Morgan fingerprint density at radius 2 is 2.36 bits per heavy atom. The van der Waals surface area contributed by atoms with Crippen molar-refractivity contribution >= 4 is 21.8 Å². The van der Waals surface area contributed by atoms with Crippen molar-refractivity contribution in [2.75, 3.05) is 5.33 Å². The summed E-state index contributed by atoms with van der Waals surface area (Å²) in [6, 6.07) is 0. The number of nitrogens with one attached hydrogen (secondary N) is 1. The summed E-state index contributed by atoms with van der Waals surface area (Å²) >= 11 is 3.54. The van der Waals surface area contributed by atoms with Crippen LogP contribution in [0.25, 0.3) is 0 Å². The van der Waals surface area contributed by atoms with E-state index in [-0.39, 0.29) is 11.4 Å². The average molecular weight is 262 g/mol. The number of halogens is 1. The van der Waals surface area contributed by atoms with Gasteiger partial charge in [-0.25, -0.2) is 0 Å². The average Bonchev–Trinajstić information content (AvgIpc) is 2.17. The maximum Gasteiger partial charge on any atom is 0.220 e. The molecule has 0 aromatic heterocycles. The number of carbonyl (C=O) groups is 1. The zero-order chi connectivity index (χ0) is 10.6. The fourth-order valence-electron chi connectivity index (χ4n) is 2.31. The molecule has 1 N–H and O–H groups in total. The molecule has 1 aliphatic rings. The van der Waals surface area contributed by atoms with E-state index < -0.39 is 0 Å². The van der Waals surface area contributed by atoms with Crippen LogP contribution in [0.1, 0.15) is 46.0 Å². The summed E-state index contributed by atoms with van der Waals surface area (Å²) in [5.74, 6) is 0.914. The highest BCUT2D eigenvalue weighted by Crippen LogP contribution is 2.33. The van der Waals surface area contributed by atoms with Crippen LogP contribution >= 0.6 is 15.9 Å². The second-order valence-electron chi connectivity index (χ2n) is 4.52. The smallest absolute Gasteiger partial charge is 0.220 e. The lowest BCUT2D eigenvalue weighted by molar-refractivity contribution is -0.123. The normalized spacial score (nSPS) is 32.6. The molecular formula is C11H20BrNO. The van der Waals surface area contributed by atoms with Crippen LogP contribution < -0.4 is 5.32 Å². The number of hydrogen-bond acceptors (Lipinski definition) is 1. The molecule has 0 heterocycles. The van der Waals surface area contributed by atoms with Crippen LogP contribution in [0, 0.1) is 5.92 Å². The minimum absolute atomic E-state index is 0.0325. The fraction of sp³-hybridized carbons (Fsp3) is 0.909. The minimum Gasteiger partial charge on any atom is -0.350 e. The monoisotopic (exact) mass is 261 g/mol. The van der Waals surface area contributed by atoms with Crippen LogP contribution in [0.4, 0.5) is 0 Å². The van der Waals surface area contributed by atoms with E-state index in [0.29, 0.717) is 6.42 Å². The number of alkyl halides is 1. The lowest BCUT2D eigenvalue weighted by Crippen LogP contribution is -2.52. The summed E-state index contributed by atoms with van der Waals surface area (Å²) in [6.45, 7) is 4.18. The Balaban J connectivity index is 2.60. The van der Waals surface area contributed by atoms with Gasteiger partial charge in [-0.15, -0.1) is 0 Å². The molecule has 0 aromatic carbocycles. The van der Waals surface area contributed by atoms with Crippen LogP contribution in [0.2, 0.25) is 0 Å². The SMILES string of the molecule is CCC(=O)NC1(CBr)CCCC(C)C1. The van der Waals surface area contributed by atoms with Crippen LogP contribution in [0.3, 0.4) is 0 Å². The summed E-state index contributed by atoms with van der Waals surface area (Å²) in [5.41, 5.74) is 0.0325. The van der Waals surface area contributed by atoms with Crippen LogP contribution in [-0.4, -0.2) is 16.8 Å². The summed E-state index contributed by atoms with van der Waals surface area (Å²) in [4.78, 5) is 11.4. The highest BCUT2D eigenvalue weighted by molar-refractivity contribution is 9.09. The van der Waals surface area contributed by atoms with Crippen molar-refractivity contribution in [2.24, 2.45) is 5.92 Å². The predicted octanol–water partition coefficient (Wildman–Crippen LogP) is 2.86. The fourth-order valence-corrected chi connectivity index (χ4v) is 2.96. The third-order valence-electron chi connectivity index (χ3n) is 3.07. The van der Waals surface area contributed by atoms with E-state index in [0.717, 1.165) is 24.1 Å². The van der Waals surface area contributed by atoms with Crippen molar-refractivity contribution in [3.05, 3.63) is 0 Å². The second-order valence-corrected chi connectivity index (χ2v) is 5.08. The molecule has 2 nitrogen and oxygen atoms in total. The Morgan fingerprint density at radius 3 is 2.86 bits per heavy atom.